The van der Waals surface area contributed by atoms with E-state index in [1.165, 1.54) is 32.0 Å². The summed E-state index contributed by atoms with van der Waals surface area (Å²) in [6.07, 6.45) is -1.09. The summed E-state index contributed by atoms with van der Waals surface area (Å²) in [6.45, 7) is 2.88. The molecule has 0 spiro atoms. The molecule has 0 saturated heterocycles. The van der Waals surface area contributed by atoms with Gasteiger partial charge in [0, 0.05) is 21.3 Å². The second kappa shape index (κ2) is 8.08. The number of esters is 1. The quantitative estimate of drug-likeness (QED) is 0.462. The Kier molecular flexibility index (Phi) is 5.76. The Labute approximate surface area is 169 Å². The van der Waals surface area contributed by atoms with Gasteiger partial charge < -0.3 is 10.1 Å². The number of thiophene rings is 1. The van der Waals surface area contributed by atoms with Gasteiger partial charge in [-0.25, -0.2) is 9.18 Å². The average molecular weight is 420 g/mol. The summed E-state index contributed by atoms with van der Waals surface area (Å²) in [7, 11) is 0. The lowest BCUT2D eigenvalue weighted by molar-refractivity contribution is -0.123. The Morgan fingerprint density at radius 1 is 1.14 bits per heavy atom. The first-order valence-corrected chi connectivity index (χ1v) is 9.46. The number of anilines is 1. The van der Waals surface area contributed by atoms with E-state index in [9.17, 15) is 18.8 Å². The van der Waals surface area contributed by atoms with Gasteiger partial charge in [0.1, 0.15) is 10.7 Å². The van der Waals surface area contributed by atoms with E-state index in [-0.39, 0.29) is 15.7 Å². The highest BCUT2D eigenvalue weighted by Crippen LogP contribution is 2.36. The van der Waals surface area contributed by atoms with Crippen LogP contribution in [-0.4, -0.2) is 23.8 Å². The van der Waals surface area contributed by atoms with Gasteiger partial charge >= 0.3 is 5.97 Å². The fourth-order valence-electron chi connectivity index (χ4n) is 2.47. The molecular formula is C20H15ClFNO4S. The van der Waals surface area contributed by atoms with E-state index < -0.39 is 23.8 Å². The summed E-state index contributed by atoms with van der Waals surface area (Å²) in [4.78, 5) is 36.0. The van der Waals surface area contributed by atoms with Gasteiger partial charge in [-0.2, -0.15) is 0 Å². The predicted molar refractivity (Wildman–Crippen MR) is 107 cm³/mol. The van der Waals surface area contributed by atoms with Crippen molar-refractivity contribution in [2.75, 3.05) is 5.32 Å². The first-order valence-electron chi connectivity index (χ1n) is 8.26. The Morgan fingerprint density at radius 2 is 1.82 bits per heavy atom. The summed E-state index contributed by atoms with van der Waals surface area (Å²) in [5.41, 5.74) is 0.988. The summed E-state index contributed by atoms with van der Waals surface area (Å²) in [5, 5.41) is 3.32. The van der Waals surface area contributed by atoms with Crippen LogP contribution in [0.5, 0.6) is 0 Å². The molecular weight excluding hydrogens is 405 g/mol. The molecule has 0 fully saturated rings. The Balaban J connectivity index is 1.69. The number of carbonyl (C=O) groups excluding carboxylic acids is 3. The molecule has 1 atom stereocenters. The van der Waals surface area contributed by atoms with Gasteiger partial charge in [0.25, 0.3) is 5.91 Å². The lowest BCUT2D eigenvalue weighted by atomic mass is 10.1. The molecule has 1 N–H and O–H groups in total. The summed E-state index contributed by atoms with van der Waals surface area (Å²) >= 11 is 7.19. The summed E-state index contributed by atoms with van der Waals surface area (Å²) in [5.74, 6) is -1.82. The molecule has 0 saturated carbocycles. The number of Topliss-reactive ketones (excluding diaryl/α,β-unsaturated/α-hetero) is 1. The van der Waals surface area contributed by atoms with Crippen molar-refractivity contribution in [3.05, 3.63) is 63.7 Å². The SMILES string of the molecule is CC(=O)c1ccc(NC(=O)C(C)OC(=O)c2sc3cc(F)ccc3c2Cl)cc1. The van der Waals surface area contributed by atoms with Crippen LogP contribution in [0.4, 0.5) is 10.1 Å². The van der Waals surface area contributed by atoms with Crippen molar-refractivity contribution in [1.82, 2.24) is 0 Å². The normalized spacial score (nSPS) is 11.9. The molecule has 2 aromatic carbocycles. The van der Waals surface area contributed by atoms with Crippen LogP contribution in [-0.2, 0) is 9.53 Å². The highest BCUT2D eigenvalue weighted by molar-refractivity contribution is 7.21. The van der Waals surface area contributed by atoms with Crippen molar-refractivity contribution in [1.29, 1.82) is 0 Å². The topological polar surface area (TPSA) is 72.5 Å². The number of rotatable bonds is 5. The van der Waals surface area contributed by atoms with Crippen LogP contribution in [0.25, 0.3) is 10.1 Å². The second-order valence-electron chi connectivity index (χ2n) is 6.06. The van der Waals surface area contributed by atoms with Crippen LogP contribution in [0.2, 0.25) is 5.02 Å². The number of ether oxygens (including phenoxy) is 1. The lowest BCUT2D eigenvalue weighted by Crippen LogP contribution is -2.29. The molecule has 0 radical (unpaired) electrons. The highest BCUT2D eigenvalue weighted by Gasteiger charge is 2.24. The van der Waals surface area contributed by atoms with Crippen molar-refractivity contribution in [2.24, 2.45) is 0 Å². The van der Waals surface area contributed by atoms with Crippen molar-refractivity contribution in [3.63, 3.8) is 0 Å². The number of benzene rings is 2. The third-order valence-corrected chi connectivity index (χ3v) is 5.63. The molecule has 144 valence electrons. The highest BCUT2D eigenvalue weighted by atomic mass is 35.5. The van der Waals surface area contributed by atoms with E-state index in [4.69, 9.17) is 16.3 Å². The number of fused-ring (bicyclic) bond motifs is 1. The van der Waals surface area contributed by atoms with E-state index >= 15 is 0 Å². The summed E-state index contributed by atoms with van der Waals surface area (Å²) < 4.78 is 19.1. The third kappa shape index (κ3) is 4.21. The van der Waals surface area contributed by atoms with E-state index in [0.717, 1.165) is 11.3 Å². The van der Waals surface area contributed by atoms with Crippen LogP contribution in [0.1, 0.15) is 33.9 Å². The maximum Gasteiger partial charge on any atom is 0.350 e. The molecule has 0 bridgehead atoms. The largest absolute Gasteiger partial charge is 0.448 e. The molecule has 8 heteroatoms. The monoisotopic (exact) mass is 419 g/mol. The third-order valence-electron chi connectivity index (χ3n) is 3.99. The van der Waals surface area contributed by atoms with Gasteiger partial charge in [0.15, 0.2) is 11.9 Å². The number of hydrogen-bond acceptors (Lipinski definition) is 5. The molecule has 3 aromatic rings. The second-order valence-corrected chi connectivity index (χ2v) is 7.49. The van der Waals surface area contributed by atoms with E-state index in [1.54, 1.807) is 24.3 Å². The van der Waals surface area contributed by atoms with Crippen LogP contribution < -0.4 is 5.32 Å². The maximum atomic E-state index is 13.3. The molecule has 0 aliphatic rings. The number of ketones is 1. The molecule has 0 aliphatic heterocycles. The first kappa shape index (κ1) is 20.0. The smallest absolute Gasteiger partial charge is 0.350 e. The molecule has 3 rings (SSSR count). The van der Waals surface area contributed by atoms with E-state index in [0.29, 0.717) is 21.3 Å². The molecule has 0 aliphatic carbocycles. The van der Waals surface area contributed by atoms with Gasteiger partial charge in [0.05, 0.1) is 5.02 Å². The number of amides is 1. The maximum absolute atomic E-state index is 13.3. The number of hydrogen-bond donors (Lipinski definition) is 1. The van der Waals surface area contributed by atoms with Crippen LogP contribution in [0, 0.1) is 5.82 Å². The summed E-state index contributed by atoms with van der Waals surface area (Å²) in [6, 6.07) is 10.4. The van der Waals surface area contributed by atoms with Crippen molar-refractivity contribution in [2.45, 2.75) is 20.0 Å². The number of nitrogens with one attached hydrogen (secondary N) is 1. The molecule has 1 unspecified atom stereocenters. The minimum Gasteiger partial charge on any atom is -0.448 e. The van der Waals surface area contributed by atoms with Crippen LogP contribution in [0.15, 0.2) is 42.5 Å². The first-order chi connectivity index (χ1) is 13.3. The van der Waals surface area contributed by atoms with Gasteiger partial charge in [0.2, 0.25) is 0 Å². The minimum absolute atomic E-state index is 0.0831. The molecule has 1 amide bonds. The predicted octanol–water partition coefficient (Wildman–Crippen LogP) is 5.08. The van der Waals surface area contributed by atoms with Gasteiger partial charge in [-0.15, -0.1) is 11.3 Å². The zero-order valence-electron chi connectivity index (χ0n) is 14.9. The fraction of sp³-hybridized carbons (Fsp3) is 0.150. The molecule has 28 heavy (non-hydrogen) atoms. The fourth-order valence-corrected chi connectivity index (χ4v) is 3.89. The van der Waals surface area contributed by atoms with E-state index in [2.05, 4.69) is 5.32 Å². The van der Waals surface area contributed by atoms with Gasteiger partial charge in [-0.05, 0) is 56.3 Å². The zero-order chi connectivity index (χ0) is 20.4. The van der Waals surface area contributed by atoms with Gasteiger partial charge in [-0.3, -0.25) is 9.59 Å². The lowest BCUT2D eigenvalue weighted by Gasteiger charge is -2.13. The van der Waals surface area contributed by atoms with E-state index in [1.807, 2.05) is 0 Å². The number of carbonyl (C=O) groups is 3. The van der Waals surface area contributed by atoms with Crippen LogP contribution in [0.3, 0.4) is 0 Å². The Morgan fingerprint density at radius 3 is 2.46 bits per heavy atom. The molecule has 1 heterocycles. The Bertz CT molecular complexity index is 1080. The minimum atomic E-state index is -1.09. The Hall–Kier alpha value is -2.77. The van der Waals surface area contributed by atoms with Crippen molar-refractivity contribution in [3.8, 4) is 0 Å². The number of halogens is 2. The van der Waals surface area contributed by atoms with Gasteiger partial charge in [-0.1, -0.05) is 11.6 Å². The average Bonchev–Trinajstić information content (AvgIpc) is 2.98. The molecule has 5 nitrogen and oxygen atoms in total. The van der Waals surface area contributed by atoms with Crippen molar-refractivity contribution < 1.29 is 23.5 Å². The van der Waals surface area contributed by atoms with Crippen molar-refractivity contribution >= 4 is 56.4 Å². The molecule has 1 aromatic heterocycles. The standard InChI is InChI=1S/C20H15ClFNO4S/c1-10(24)12-3-6-14(7-4-12)23-19(25)11(2)27-20(26)18-17(21)15-8-5-13(22)9-16(15)28-18/h3-9,11H,1-2H3,(H,23,25). The van der Waals surface area contributed by atoms with Crippen LogP contribution >= 0.6 is 22.9 Å². The zero-order valence-corrected chi connectivity index (χ0v) is 16.5.